The molecule has 0 fully saturated rings. The lowest BCUT2D eigenvalue weighted by molar-refractivity contribution is 0.414. The number of aromatic nitrogens is 3. The van der Waals surface area contributed by atoms with Gasteiger partial charge in [-0.25, -0.2) is 9.07 Å². The first-order chi connectivity index (χ1) is 12.2. The number of nitrogens with zero attached hydrogens (tertiary/aromatic N) is 3. The Kier molecular flexibility index (Phi) is 3.89. The third-order valence-corrected chi connectivity index (χ3v) is 4.41. The lowest BCUT2D eigenvalue weighted by atomic mass is 10.0. The Bertz CT molecular complexity index is 949. The van der Waals surface area contributed by atoms with Crippen LogP contribution in [0.15, 0.2) is 54.9 Å². The highest BCUT2D eigenvalue weighted by molar-refractivity contribution is 6.31. The van der Waals surface area contributed by atoms with E-state index in [9.17, 15) is 4.39 Å². The number of ether oxygens (including phenoxy) is 1. The van der Waals surface area contributed by atoms with Gasteiger partial charge in [-0.2, -0.15) is 10.1 Å². The second-order valence-electron chi connectivity index (χ2n) is 5.55. The van der Waals surface area contributed by atoms with Gasteiger partial charge in [-0.3, -0.25) is 0 Å². The van der Waals surface area contributed by atoms with Crippen LogP contribution in [-0.2, 0) is 0 Å². The van der Waals surface area contributed by atoms with Crippen LogP contribution in [0, 0.1) is 5.82 Å². The predicted octanol–water partition coefficient (Wildman–Crippen LogP) is 4.14. The maximum Gasteiger partial charge on any atom is 0.226 e. The fourth-order valence-electron chi connectivity index (χ4n) is 2.89. The Morgan fingerprint density at radius 3 is 2.88 bits per heavy atom. The normalized spacial score (nSPS) is 16.0. The molecule has 2 heterocycles. The van der Waals surface area contributed by atoms with Gasteiger partial charge in [0.15, 0.2) is 0 Å². The van der Waals surface area contributed by atoms with Gasteiger partial charge in [0.05, 0.1) is 7.11 Å². The zero-order chi connectivity index (χ0) is 17.4. The van der Waals surface area contributed by atoms with Crippen LogP contribution in [0.1, 0.15) is 17.2 Å². The molecule has 1 N–H and O–H groups in total. The van der Waals surface area contributed by atoms with Crippen LogP contribution in [0.5, 0.6) is 5.75 Å². The summed E-state index contributed by atoms with van der Waals surface area (Å²) in [6, 6.07) is 11.7. The van der Waals surface area contributed by atoms with Crippen molar-refractivity contribution in [2.24, 2.45) is 0 Å². The summed E-state index contributed by atoms with van der Waals surface area (Å²) in [5.41, 5.74) is 2.03. The molecule has 3 aromatic rings. The van der Waals surface area contributed by atoms with E-state index in [1.54, 1.807) is 23.9 Å². The quantitative estimate of drug-likeness (QED) is 0.766. The van der Waals surface area contributed by atoms with Crippen molar-refractivity contribution < 1.29 is 9.13 Å². The van der Waals surface area contributed by atoms with Crippen LogP contribution < -0.4 is 10.1 Å². The summed E-state index contributed by atoms with van der Waals surface area (Å²) in [5.74, 6) is 0.861. The molecule has 0 saturated carbocycles. The summed E-state index contributed by atoms with van der Waals surface area (Å²) >= 11 is 6.27. The van der Waals surface area contributed by atoms with Crippen molar-refractivity contribution in [3.05, 3.63) is 76.8 Å². The molecular formula is C18H14ClFN4O. The summed E-state index contributed by atoms with van der Waals surface area (Å²) in [5, 5.41) is 7.76. The SMILES string of the molecule is COc1cccc(C2=C[C@@H](c3c(F)cccc3Cl)n3ncnc3N2)c1. The predicted molar refractivity (Wildman–Crippen MR) is 94.2 cm³/mol. The van der Waals surface area contributed by atoms with E-state index in [2.05, 4.69) is 15.4 Å². The molecule has 0 amide bonds. The molecule has 0 aliphatic carbocycles. The van der Waals surface area contributed by atoms with Gasteiger partial charge in [0.25, 0.3) is 0 Å². The molecule has 5 nitrogen and oxygen atoms in total. The first-order valence-corrected chi connectivity index (χ1v) is 8.02. The van der Waals surface area contributed by atoms with Gasteiger partial charge >= 0.3 is 0 Å². The van der Waals surface area contributed by atoms with Crippen LogP contribution in [-0.4, -0.2) is 21.9 Å². The number of rotatable bonds is 3. The lowest BCUT2D eigenvalue weighted by Crippen LogP contribution is -2.21. The Balaban J connectivity index is 1.86. The molecule has 126 valence electrons. The van der Waals surface area contributed by atoms with Crippen molar-refractivity contribution in [3.8, 4) is 5.75 Å². The maximum absolute atomic E-state index is 14.5. The minimum Gasteiger partial charge on any atom is -0.497 e. The molecule has 0 saturated heterocycles. The molecule has 25 heavy (non-hydrogen) atoms. The van der Waals surface area contributed by atoms with E-state index in [0.29, 0.717) is 16.5 Å². The first-order valence-electron chi connectivity index (χ1n) is 7.64. The molecule has 4 rings (SSSR count). The van der Waals surface area contributed by atoms with Crippen molar-refractivity contribution in [1.82, 2.24) is 14.8 Å². The molecule has 1 atom stereocenters. The number of allylic oxidation sites excluding steroid dienone is 1. The van der Waals surface area contributed by atoms with Gasteiger partial charge in [0, 0.05) is 21.8 Å². The molecule has 7 heteroatoms. The van der Waals surface area contributed by atoms with E-state index < -0.39 is 6.04 Å². The molecule has 1 aliphatic rings. The third-order valence-electron chi connectivity index (χ3n) is 4.08. The molecule has 1 aliphatic heterocycles. The number of fused-ring (bicyclic) bond motifs is 1. The van der Waals surface area contributed by atoms with Crippen molar-refractivity contribution in [2.75, 3.05) is 12.4 Å². The molecule has 0 radical (unpaired) electrons. The van der Waals surface area contributed by atoms with Crippen LogP contribution in [0.2, 0.25) is 5.02 Å². The van der Waals surface area contributed by atoms with E-state index in [-0.39, 0.29) is 5.82 Å². The van der Waals surface area contributed by atoms with Crippen LogP contribution >= 0.6 is 11.6 Å². The molecule has 0 unspecified atom stereocenters. The van der Waals surface area contributed by atoms with Crippen LogP contribution in [0.3, 0.4) is 0 Å². The summed E-state index contributed by atoms with van der Waals surface area (Å²) < 4.78 is 21.4. The Morgan fingerprint density at radius 1 is 1.24 bits per heavy atom. The largest absolute Gasteiger partial charge is 0.497 e. The van der Waals surface area contributed by atoms with Gasteiger partial charge in [-0.15, -0.1) is 0 Å². The van der Waals surface area contributed by atoms with Gasteiger partial charge in [-0.1, -0.05) is 29.8 Å². The number of hydrogen-bond acceptors (Lipinski definition) is 4. The number of methoxy groups -OCH3 is 1. The fourth-order valence-corrected chi connectivity index (χ4v) is 3.17. The topological polar surface area (TPSA) is 52.0 Å². The van der Waals surface area contributed by atoms with Crippen molar-refractivity contribution >= 4 is 23.2 Å². The summed E-state index contributed by atoms with van der Waals surface area (Å²) in [6.07, 6.45) is 3.30. The summed E-state index contributed by atoms with van der Waals surface area (Å²) in [6.45, 7) is 0. The molecule has 2 aromatic carbocycles. The number of anilines is 1. The monoisotopic (exact) mass is 356 g/mol. The molecular weight excluding hydrogens is 343 g/mol. The fraction of sp³-hybridized carbons (Fsp3) is 0.111. The van der Waals surface area contributed by atoms with Crippen LogP contribution in [0.4, 0.5) is 10.3 Å². The highest BCUT2D eigenvalue weighted by Crippen LogP contribution is 2.36. The second-order valence-corrected chi connectivity index (χ2v) is 5.95. The number of hydrogen-bond donors (Lipinski definition) is 1. The highest BCUT2D eigenvalue weighted by Gasteiger charge is 2.27. The Morgan fingerprint density at radius 2 is 2.08 bits per heavy atom. The van der Waals surface area contributed by atoms with E-state index in [1.165, 1.54) is 12.4 Å². The lowest BCUT2D eigenvalue weighted by Gasteiger charge is -2.25. The maximum atomic E-state index is 14.5. The second kappa shape index (κ2) is 6.22. The standard InChI is InChI=1S/C18H14ClFN4O/c1-25-12-5-2-4-11(8-12)15-9-16(24-18(23-15)21-10-22-24)17-13(19)6-3-7-14(17)20/h2-10,16H,1H3,(H,21,22,23)/t16-/m0/s1. The number of benzene rings is 2. The summed E-state index contributed by atoms with van der Waals surface area (Å²) in [7, 11) is 1.61. The van der Waals surface area contributed by atoms with E-state index >= 15 is 0 Å². The Labute approximate surface area is 148 Å². The Hall–Kier alpha value is -2.86. The number of nitrogens with one attached hydrogen (secondary N) is 1. The van der Waals surface area contributed by atoms with Gasteiger partial charge in [0.2, 0.25) is 5.95 Å². The smallest absolute Gasteiger partial charge is 0.226 e. The van der Waals surface area contributed by atoms with E-state index in [1.807, 2.05) is 30.3 Å². The van der Waals surface area contributed by atoms with Crippen LogP contribution in [0.25, 0.3) is 5.70 Å². The van der Waals surface area contributed by atoms with Crippen molar-refractivity contribution in [2.45, 2.75) is 6.04 Å². The minimum atomic E-state index is -0.506. The first kappa shape index (κ1) is 15.7. The molecule has 0 bridgehead atoms. The van der Waals surface area contributed by atoms with E-state index in [0.717, 1.165) is 17.0 Å². The van der Waals surface area contributed by atoms with Gasteiger partial charge in [0.1, 0.15) is 23.9 Å². The van der Waals surface area contributed by atoms with Crippen molar-refractivity contribution in [3.63, 3.8) is 0 Å². The zero-order valence-corrected chi connectivity index (χ0v) is 14.0. The third kappa shape index (κ3) is 2.74. The zero-order valence-electron chi connectivity index (χ0n) is 13.3. The molecule has 1 aromatic heterocycles. The average molecular weight is 357 g/mol. The highest BCUT2D eigenvalue weighted by atomic mass is 35.5. The summed E-state index contributed by atoms with van der Waals surface area (Å²) in [4.78, 5) is 4.21. The average Bonchev–Trinajstić information content (AvgIpc) is 3.10. The number of halogens is 2. The van der Waals surface area contributed by atoms with Gasteiger partial charge in [-0.05, 0) is 30.3 Å². The van der Waals surface area contributed by atoms with Crippen molar-refractivity contribution in [1.29, 1.82) is 0 Å². The minimum absolute atomic E-state index is 0.342. The van der Waals surface area contributed by atoms with E-state index in [4.69, 9.17) is 16.3 Å². The van der Waals surface area contributed by atoms with Gasteiger partial charge < -0.3 is 10.1 Å². The molecule has 0 spiro atoms.